The summed E-state index contributed by atoms with van der Waals surface area (Å²) in [6.07, 6.45) is 1.54. The van der Waals surface area contributed by atoms with Crippen LogP contribution in [0.4, 0.5) is 0 Å². The highest BCUT2D eigenvalue weighted by Crippen LogP contribution is 1.84. The van der Waals surface area contributed by atoms with E-state index >= 15 is 0 Å². The summed E-state index contributed by atoms with van der Waals surface area (Å²) in [6, 6.07) is 0. The standard InChI is InChI=1S/C6H14N2O/c1-7-5-3-4-6(9)8-2/h7H,3-5H2,1-2H3,(H,8,9). The predicted octanol–water partition coefficient (Wildman–Crippen LogP) is -0.268. The Hall–Kier alpha value is -0.570. The van der Waals surface area contributed by atoms with Crippen LogP contribution in [-0.4, -0.2) is 26.5 Å². The Balaban J connectivity index is 2.97. The first-order valence-corrected chi connectivity index (χ1v) is 3.16. The minimum absolute atomic E-state index is 0.116. The second-order valence-corrected chi connectivity index (χ2v) is 1.88. The molecule has 0 aromatic rings. The number of hydrogen-bond donors (Lipinski definition) is 2. The average molecular weight is 130 g/mol. The zero-order valence-corrected chi connectivity index (χ0v) is 6.03. The smallest absolute Gasteiger partial charge is 0.219 e. The van der Waals surface area contributed by atoms with Gasteiger partial charge < -0.3 is 10.6 Å². The zero-order chi connectivity index (χ0) is 7.11. The van der Waals surface area contributed by atoms with E-state index in [0.717, 1.165) is 13.0 Å². The molecule has 0 fully saturated rings. The van der Waals surface area contributed by atoms with E-state index in [-0.39, 0.29) is 5.91 Å². The fourth-order valence-corrected chi connectivity index (χ4v) is 0.551. The molecule has 0 rings (SSSR count). The third kappa shape index (κ3) is 5.30. The Labute approximate surface area is 55.8 Å². The first-order chi connectivity index (χ1) is 4.31. The number of amides is 1. The van der Waals surface area contributed by atoms with Gasteiger partial charge in [-0.3, -0.25) is 4.79 Å². The first-order valence-electron chi connectivity index (χ1n) is 3.16. The Bertz CT molecular complexity index is 83.1. The molecule has 0 aromatic carbocycles. The van der Waals surface area contributed by atoms with E-state index in [2.05, 4.69) is 10.6 Å². The molecule has 0 unspecified atom stereocenters. The molecule has 0 bridgehead atoms. The van der Waals surface area contributed by atoms with E-state index in [0.29, 0.717) is 6.42 Å². The van der Waals surface area contributed by atoms with Crippen molar-refractivity contribution in [3.63, 3.8) is 0 Å². The molecule has 0 aliphatic carbocycles. The van der Waals surface area contributed by atoms with Crippen molar-refractivity contribution in [2.45, 2.75) is 12.8 Å². The minimum Gasteiger partial charge on any atom is -0.359 e. The monoisotopic (exact) mass is 130 g/mol. The van der Waals surface area contributed by atoms with Crippen molar-refractivity contribution in [1.82, 2.24) is 10.6 Å². The Morgan fingerprint density at radius 2 is 2.11 bits per heavy atom. The molecule has 0 spiro atoms. The van der Waals surface area contributed by atoms with E-state index in [1.165, 1.54) is 0 Å². The second kappa shape index (κ2) is 5.56. The number of hydrogen-bond acceptors (Lipinski definition) is 2. The van der Waals surface area contributed by atoms with Gasteiger partial charge in [0.25, 0.3) is 0 Å². The van der Waals surface area contributed by atoms with Gasteiger partial charge in [-0.15, -0.1) is 0 Å². The number of rotatable bonds is 4. The molecular formula is C6H14N2O. The Morgan fingerprint density at radius 1 is 1.44 bits per heavy atom. The number of carbonyl (C=O) groups excluding carboxylic acids is 1. The summed E-state index contributed by atoms with van der Waals surface area (Å²) in [5, 5.41) is 5.52. The molecule has 54 valence electrons. The SMILES string of the molecule is CNCCCC(=O)NC. The van der Waals surface area contributed by atoms with Crippen molar-refractivity contribution in [2.75, 3.05) is 20.6 Å². The van der Waals surface area contributed by atoms with Gasteiger partial charge in [-0.1, -0.05) is 0 Å². The van der Waals surface area contributed by atoms with E-state index in [1.807, 2.05) is 7.05 Å². The van der Waals surface area contributed by atoms with E-state index in [1.54, 1.807) is 7.05 Å². The van der Waals surface area contributed by atoms with Crippen LogP contribution in [0.1, 0.15) is 12.8 Å². The summed E-state index contributed by atoms with van der Waals surface area (Å²) in [5.74, 6) is 0.116. The molecule has 0 heterocycles. The van der Waals surface area contributed by atoms with Crippen LogP contribution in [0.2, 0.25) is 0 Å². The topological polar surface area (TPSA) is 41.1 Å². The molecule has 0 saturated carbocycles. The van der Waals surface area contributed by atoms with Gasteiger partial charge in [0.1, 0.15) is 0 Å². The van der Waals surface area contributed by atoms with Crippen molar-refractivity contribution in [3.8, 4) is 0 Å². The normalized spacial score (nSPS) is 9.11. The zero-order valence-electron chi connectivity index (χ0n) is 6.03. The maximum atomic E-state index is 10.5. The van der Waals surface area contributed by atoms with Gasteiger partial charge in [0.05, 0.1) is 0 Å². The number of carbonyl (C=O) groups is 1. The molecule has 0 aliphatic rings. The van der Waals surface area contributed by atoms with Crippen molar-refractivity contribution in [3.05, 3.63) is 0 Å². The quantitative estimate of drug-likeness (QED) is 0.514. The molecule has 1 amide bonds. The summed E-state index contributed by atoms with van der Waals surface area (Å²) < 4.78 is 0. The lowest BCUT2D eigenvalue weighted by Crippen LogP contribution is -2.19. The van der Waals surface area contributed by atoms with Crippen LogP contribution in [0, 0.1) is 0 Å². The molecular weight excluding hydrogens is 116 g/mol. The number of nitrogens with one attached hydrogen (secondary N) is 2. The highest BCUT2D eigenvalue weighted by Gasteiger charge is 1.93. The van der Waals surface area contributed by atoms with Gasteiger partial charge in [0.2, 0.25) is 5.91 Å². The van der Waals surface area contributed by atoms with Crippen LogP contribution in [0.15, 0.2) is 0 Å². The molecule has 0 aromatic heterocycles. The van der Waals surface area contributed by atoms with Crippen LogP contribution < -0.4 is 10.6 Å². The molecule has 2 N–H and O–H groups in total. The molecule has 3 heteroatoms. The molecule has 3 nitrogen and oxygen atoms in total. The lowest BCUT2D eigenvalue weighted by atomic mass is 10.3. The highest BCUT2D eigenvalue weighted by molar-refractivity contribution is 5.75. The van der Waals surface area contributed by atoms with Crippen LogP contribution >= 0.6 is 0 Å². The summed E-state index contributed by atoms with van der Waals surface area (Å²) in [7, 11) is 3.53. The fraction of sp³-hybridized carbons (Fsp3) is 0.833. The van der Waals surface area contributed by atoms with Crippen LogP contribution in [0.3, 0.4) is 0 Å². The maximum Gasteiger partial charge on any atom is 0.219 e. The lowest BCUT2D eigenvalue weighted by Gasteiger charge is -1.97. The first kappa shape index (κ1) is 8.43. The van der Waals surface area contributed by atoms with Crippen LogP contribution in [-0.2, 0) is 4.79 Å². The van der Waals surface area contributed by atoms with E-state index < -0.39 is 0 Å². The van der Waals surface area contributed by atoms with Crippen LogP contribution in [0.5, 0.6) is 0 Å². The molecule has 0 radical (unpaired) electrons. The van der Waals surface area contributed by atoms with Gasteiger partial charge >= 0.3 is 0 Å². The van der Waals surface area contributed by atoms with Crippen molar-refractivity contribution >= 4 is 5.91 Å². The average Bonchev–Trinajstić information content (AvgIpc) is 1.89. The van der Waals surface area contributed by atoms with Crippen molar-refractivity contribution < 1.29 is 4.79 Å². The Morgan fingerprint density at radius 3 is 2.56 bits per heavy atom. The van der Waals surface area contributed by atoms with Gasteiger partial charge in [-0.2, -0.15) is 0 Å². The molecule has 0 atom stereocenters. The van der Waals surface area contributed by atoms with Crippen LogP contribution in [0.25, 0.3) is 0 Å². The van der Waals surface area contributed by atoms with Gasteiger partial charge in [0.15, 0.2) is 0 Å². The molecule has 0 aliphatic heterocycles. The van der Waals surface area contributed by atoms with Gasteiger partial charge in [-0.05, 0) is 20.0 Å². The summed E-state index contributed by atoms with van der Waals surface area (Å²) in [5.41, 5.74) is 0. The Kier molecular flexibility index (Phi) is 5.21. The fourth-order valence-electron chi connectivity index (χ4n) is 0.551. The largest absolute Gasteiger partial charge is 0.359 e. The minimum atomic E-state index is 0.116. The third-order valence-corrected chi connectivity index (χ3v) is 1.11. The van der Waals surface area contributed by atoms with Gasteiger partial charge in [0, 0.05) is 13.5 Å². The highest BCUT2D eigenvalue weighted by atomic mass is 16.1. The summed E-state index contributed by atoms with van der Waals surface area (Å²) >= 11 is 0. The van der Waals surface area contributed by atoms with E-state index in [4.69, 9.17) is 0 Å². The summed E-state index contributed by atoms with van der Waals surface area (Å²) in [4.78, 5) is 10.5. The summed E-state index contributed by atoms with van der Waals surface area (Å²) in [6.45, 7) is 0.910. The van der Waals surface area contributed by atoms with Crippen molar-refractivity contribution in [1.29, 1.82) is 0 Å². The van der Waals surface area contributed by atoms with Crippen molar-refractivity contribution in [2.24, 2.45) is 0 Å². The predicted molar refractivity (Wildman–Crippen MR) is 37.2 cm³/mol. The molecule has 9 heavy (non-hydrogen) atoms. The second-order valence-electron chi connectivity index (χ2n) is 1.88. The molecule has 0 saturated heterocycles. The maximum absolute atomic E-state index is 10.5. The lowest BCUT2D eigenvalue weighted by molar-refractivity contribution is -0.120. The third-order valence-electron chi connectivity index (χ3n) is 1.11. The van der Waals surface area contributed by atoms with Gasteiger partial charge in [-0.25, -0.2) is 0 Å². The van der Waals surface area contributed by atoms with E-state index in [9.17, 15) is 4.79 Å².